The Labute approximate surface area is 114 Å². The Hall–Kier alpha value is -2.83. The van der Waals surface area contributed by atoms with Crippen LogP contribution in [0.2, 0.25) is 0 Å². The molecule has 0 radical (unpaired) electrons. The van der Waals surface area contributed by atoms with Gasteiger partial charge in [0.2, 0.25) is 0 Å². The number of imide groups is 1. The van der Waals surface area contributed by atoms with Gasteiger partial charge in [0.25, 0.3) is 11.8 Å². The molecule has 2 aromatic heterocycles. The first-order chi connectivity index (χ1) is 10.0. The van der Waals surface area contributed by atoms with Gasteiger partial charge in [0.05, 0.1) is 16.8 Å². The fraction of sp³-hybridized carbons (Fsp3) is 0. The fourth-order valence-electron chi connectivity index (χ4n) is 2.50. The normalized spacial score (nSPS) is 14.5. The van der Waals surface area contributed by atoms with Crippen LogP contribution in [0, 0.1) is 17.5 Å². The standard InChI is InChI=1S/C14H4F3NO3/c15-5-1-2-6(12(17)11(5)16)18-13(19)9-7-3-4-8(21-7)10(9)14(18)20/h1-4H. The van der Waals surface area contributed by atoms with Gasteiger partial charge in [0.15, 0.2) is 17.5 Å². The van der Waals surface area contributed by atoms with Crippen LogP contribution in [0.25, 0.3) is 11.2 Å². The second-order valence-electron chi connectivity index (χ2n) is 4.55. The maximum absolute atomic E-state index is 13.8. The van der Waals surface area contributed by atoms with Crippen molar-refractivity contribution in [3.05, 3.63) is 52.8 Å². The number of nitrogens with zero attached hydrogens (tertiary/aromatic N) is 1. The van der Waals surface area contributed by atoms with Crippen LogP contribution in [0.3, 0.4) is 0 Å². The van der Waals surface area contributed by atoms with Gasteiger partial charge in [-0.1, -0.05) is 0 Å². The molecular weight excluding hydrogens is 287 g/mol. The first-order valence-corrected chi connectivity index (χ1v) is 5.88. The predicted octanol–water partition coefficient (Wildman–Crippen LogP) is 3.09. The molecule has 0 fully saturated rings. The number of halogens is 3. The van der Waals surface area contributed by atoms with Gasteiger partial charge in [0.1, 0.15) is 11.2 Å². The summed E-state index contributed by atoms with van der Waals surface area (Å²) in [6.45, 7) is 0. The number of carbonyl (C=O) groups is 2. The highest BCUT2D eigenvalue weighted by Gasteiger charge is 2.43. The van der Waals surface area contributed by atoms with E-state index in [1.807, 2.05) is 0 Å². The molecule has 0 saturated carbocycles. The number of rotatable bonds is 1. The minimum absolute atomic E-state index is 0.0154. The molecule has 0 N–H and O–H groups in total. The molecule has 0 unspecified atom stereocenters. The van der Waals surface area contributed by atoms with E-state index in [0.29, 0.717) is 11.0 Å². The van der Waals surface area contributed by atoms with E-state index in [-0.39, 0.29) is 22.3 Å². The fourth-order valence-corrected chi connectivity index (χ4v) is 2.50. The number of hydrogen-bond donors (Lipinski definition) is 0. The van der Waals surface area contributed by atoms with Crippen molar-refractivity contribution in [1.29, 1.82) is 0 Å². The number of hydrogen-bond acceptors (Lipinski definition) is 3. The lowest BCUT2D eigenvalue weighted by molar-refractivity contribution is 0.0924. The van der Waals surface area contributed by atoms with Gasteiger partial charge in [-0.25, -0.2) is 18.1 Å². The first-order valence-electron chi connectivity index (χ1n) is 5.88. The zero-order valence-electron chi connectivity index (χ0n) is 10.1. The van der Waals surface area contributed by atoms with E-state index in [9.17, 15) is 22.8 Å². The molecule has 1 aromatic carbocycles. The summed E-state index contributed by atoms with van der Waals surface area (Å²) in [5, 5.41) is 0. The minimum Gasteiger partial charge on any atom is -0.456 e. The van der Waals surface area contributed by atoms with E-state index in [0.717, 1.165) is 6.07 Å². The van der Waals surface area contributed by atoms with Crippen LogP contribution in [0.15, 0.2) is 28.7 Å². The molecule has 1 aliphatic rings. The molecule has 1 aliphatic heterocycles. The monoisotopic (exact) mass is 291 g/mol. The number of amides is 2. The molecule has 0 atom stereocenters. The first kappa shape index (κ1) is 12.0. The predicted molar refractivity (Wildman–Crippen MR) is 64.9 cm³/mol. The van der Waals surface area contributed by atoms with Gasteiger partial charge >= 0.3 is 0 Å². The molecule has 104 valence electrons. The lowest BCUT2D eigenvalue weighted by Crippen LogP contribution is -2.30. The lowest BCUT2D eigenvalue weighted by Gasteiger charge is -2.15. The van der Waals surface area contributed by atoms with Gasteiger partial charge < -0.3 is 4.42 Å². The van der Waals surface area contributed by atoms with Crippen LogP contribution in [0.5, 0.6) is 0 Å². The highest BCUT2D eigenvalue weighted by molar-refractivity contribution is 6.38. The Morgan fingerprint density at radius 1 is 0.810 bits per heavy atom. The van der Waals surface area contributed by atoms with E-state index < -0.39 is 35.0 Å². The van der Waals surface area contributed by atoms with E-state index in [1.54, 1.807) is 0 Å². The second-order valence-corrected chi connectivity index (χ2v) is 4.55. The highest BCUT2D eigenvalue weighted by atomic mass is 19.2. The molecule has 3 aromatic rings. The van der Waals surface area contributed by atoms with Gasteiger partial charge in [-0.3, -0.25) is 9.59 Å². The molecule has 4 rings (SSSR count). The van der Waals surface area contributed by atoms with E-state index >= 15 is 0 Å². The summed E-state index contributed by atoms with van der Waals surface area (Å²) in [7, 11) is 0. The molecule has 0 aliphatic carbocycles. The van der Waals surface area contributed by atoms with E-state index in [2.05, 4.69) is 0 Å². The van der Waals surface area contributed by atoms with Gasteiger partial charge in [-0.15, -0.1) is 0 Å². The lowest BCUT2D eigenvalue weighted by atomic mass is 10.1. The van der Waals surface area contributed by atoms with Crippen molar-refractivity contribution in [2.75, 3.05) is 4.90 Å². The maximum Gasteiger partial charge on any atom is 0.270 e. The summed E-state index contributed by atoms with van der Waals surface area (Å²) >= 11 is 0. The van der Waals surface area contributed by atoms with Crippen LogP contribution in [0.1, 0.15) is 20.7 Å². The van der Waals surface area contributed by atoms with E-state index in [1.165, 1.54) is 12.1 Å². The van der Waals surface area contributed by atoms with Crippen molar-refractivity contribution in [1.82, 2.24) is 0 Å². The Morgan fingerprint density at radius 3 is 1.95 bits per heavy atom. The zero-order chi connectivity index (χ0) is 14.9. The van der Waals surface area contributed by atoms with Crippen molar-refractivity contribution in [2.24, 2.45) is 0 Å². The summed E-state index contributed by atoms with van der Waals surface area (Å²) in [4.78, 5) is 25.0. The van der Waals surface area contributed by atoms with Crippen LogP contribution in [-0.4, -0.2) is 11.8 Å². The number of furan rings is 2. The van der Waals surface area contributed by atoms with Gasteiger partial charge in [-0.2, -0.15) is 0 Å². The molecule has 0 saturated heterocycles. The average molecular weight is 291 g/mol. The van der Waals surface area contributed by atoms with Crippen molar-refractivity contribution < 1.29 is 27.2 Å². The second kappa shape index (κ2) is 3.63. The van der Waals surface area contributed by atoms with Crippen LogP contribution < -0.4 is 4.90 Å². The molecule has 3 heterocycles. The number of carbonyl (C=O) groups excluding carboxylic acids is 2. The Bertz CT molecular complexity index is 886. The third-order valence-corrected chi connectivity index (χ3v) is 3.44. The van der Waals surface area contributed by atoms with Crippen LogP contribution in [-0.2, 0) is 0 Å². The van der Waals surface area contributed by atoms with Crippen LogP contribution >= 0.6 is 0 Å². The third-order valence-electron chi connectivity index (χ3n) is 3.44. The molecule has 21 heavy (non-hydrogen) atoms. The summed E-state index contributed by atoms with van der Waals surface area (Å²) in [5.74, 6) is -6.37. The summed E-state index contributed by atoms with van der Waals surface area (Å²) in [5.41, 5.74) is -0.199. The van der Waals surface area contributed by atoms with E-state index in [4.69, 9.17) is 4.42 Å². The molecule has 0 spiro atoms. The maximum atomic E-state index is 13.8. The zero-order valence-corrected chi connectivity index (χ0v) is 10.1. The largest absolute Gasteiger partial charge is 0.456 e. The topological polar surface area (TPSA) is 50.5 Å². The summed E-state index contributed by atoms with van der Waals surface area (Å²) < 4.78 is 45.2. The quantitative estimate of drug-likeness (QED) is 0.511. The van der Waals surface area contributed by atoms with Crippen molar-refractivity contribution in [2.45, 2.75) is 0 Å². The van der Waals surface area contributed by atoms with Crippen molar-refractivity contribution >= 4 is 28.7 Å². The van der Waals surface area contributed by atoms with Crippen LogP contribution in [0.4, 0.5) is 18.9 Å². The number of benzene rings is 2. The van der Waals surface area contributed by atoms with Crippen molar-refractivity contribution in [3.63, 3.8) is 0 Å². The average Bonchev–Trinajstić information content (AvgIpc) is 3.13. The SMILES string of the molecule is O=C1c2c(c3ccc2o3)C(=O)N1c1ccc(F)c(F)c1F. The molecule has 4 nitrogen and oxygen atoms in total. The van der Waals surface area contributed by atoms with Gasteiger partial charge in [0, 0.05) is 0 Å². The molecule has 2 bridgehead atoms. The smallest absolute Gasteiger partial charge is 0.270 e. The Balaban J connectivity index is 1.93. The van der Waals surface area contributed by atoms with Crippen molar-refractivity contribution in [3.8, 4) is 0 Å². The molecule has 7 heteroatoms. The summed E-state index contributed by atoms with van der Waals surface area (Å²) in [6, 6.07) is 4.51. The number of anilines is 1. The molecular formula is C14H4F3NO3. The highest BCUT2D eigenvalue weighted by Crippen LogP contribution is 2.38. The molecule has 2 amide bonds. The third kappa shape index (κ3) is 1.30. The minimum atomic E-state index is -1.74. The Kier molecular flexibility index (Phi) is 2.07. The summed E-state index contributed by atoms with van der Waals surface area (Å²) in [6.07, 6.45) is 0. The van der Waals surface area contributed by atoms with Gasteiger partial charge in [-0.05, 0) is 24.3 Å². The number of fused-ring (bicyclic) bond motifs is 5. The Morgan fingerprint density at radius 2 is 1.38 bits per heavy atom.